The van der Waals surface area contributed by atoms with Gasteiger partial charge in [-0.1, -0.05) is 48.5 Å². The van der Waals surface area contributed by atoms with Crippen LogP contribution in [0.5, 0.6) is 0 Å². The molecule has 8 heteroatoms. The maximum absolute atomic E-state index is 14.0. The summed E-state index contributed by atoms with van der Waals surface area (Å²) in [6, 6.07) is 15.5. The predicted octanol–water partition coefficient (Wildman–Crippen LogP) is 6.08. The van der Waals surface area contributed by atoms with E-state index in [4.69, 9.17) is 0 Å². The summed E-state index contributed by atoms with van der Waals surface area (Å²) in [5, 5.41) is 6.48. The Balaban J connectivity index is 1.57. The maximum Gasteiger partial charge on any atom is 0.433 e. The zero-order chi connectivity index (χ0) is 25.7. The van der Waals surface area contributed by atoms with Gasteiger partial charge in [-0.2, -0.15) is 13.2 Å². The number of rotatable bonds is 10. The van der Waals surface area contributed by atoms with Gasteiger partial charge in [-0.3, -0.25) is 15.1 Å². The van der Waals surface area contributed by atoms with Gasteiger partial charge in [-0.15, -0.1) is 0 Å². The summed E-state index contributed by atoms with van der Waals surface area (Å²) in [6.45, 7) is 2.30. The first-order valence-corrected chi connectivity index (χ1v) is 12.1. The van der Waals surface area contributed by atoms with Crippen LogP contribution in [0.4, 0.5) is 17.6 Å². The van der Waals surface area contributed by atoms with Gasteiger partial charge in [0, 0.05) is 18.8 Å². The van der Waals surface area contributed by atoms with E-state index in [1.165, 1.54) is 18.3 Å². The molecule has 0 bridgehead atoms. The number of hydrogen-bond acceptors (Lipinski definition) is 3. The third-order valence-corrected chi connectivity index (χ3v) is 6.45. The lowest BCUT2D eigenvalue weighted by Gasteiger charge is -2.27. The monoisotopic (exact) mass is 499 g/mol. The van der Waals surface area contributed by atoms with Crippen molar-refractivity contribution in [1.82, 2.24) is 15.6 Å². The van der Waals surface area contributed by atoms with Crippen LogP contribution in [0.15, 0.2) is 66.9 Å². The number of alkyl halides is 3. The Morgan fingerprint density at radius 2 is 1.81 bits per heavy atom. The van der Waals surface area contributed by atoms with Crippen LogP contribution in [0.25, 0.3) is 0 Å². The molecule has 1 aliphatic carbocycles. The van der Waals surface area contributed by atoms with E-state index in [-0.39, 0.29) is 17.8 Å². The maximum atomic E-state index is 14.0. The highest BCUT2D eigenvalue weighted by molar-refractivity contribution is 5.83. The molecule has 1 unspecified atom stereocenters. The first-order valence-electron chi connectivity index (χ1n) is 12.1. The number of aryl methyl sites for hydroxylation is 2. The minimum Gasteiger partial charge on any atom is -0.354 e. The quantitative estimate of drug-likeness (QED) is 0.333. The summed E-state index contributed by atoms with van der Waals surface area (Å²) < 4.78 is 52.6. The third-order valence-electron chi connectivity index (χ3n) is 6.45. The molecule has 1 heterocycles. The molecule has 0 radical (unpaired) electrons. The molecule has 2 aromatic carbocycles. The van der Waals surface area contributed by atoms with Crippen LogP contribution in [0.2, 0.25) is 0 Å². The van der Waals surface area contributed by atoms with Gasteiger partial charge in [-0.25, -0.2) is 4.39 Å². The minimum atomic E-state index is -4.50. The standard InChI is InChI=1S/C28H29F4N3O/c1-18-15-22(11-12-23(18)29)24(13-9-20-10-14-25(33-16-20)28(30,31)32)35-26(21-5-3-2-4-6-21)27(36)34-17-19-7-8-19/h2-6,10-12,14-16,19,24,26,35H,7-9,13,17H2,1H3,(H,34,36)/t24-,26?/m1/s1. The van der Waals surface area contributed by atoms with Crippen molar-refractivity contribution in [2.45, 2.75) is 50.9 Å². The number of nitrogens with zero attached hydrogens (tertiary/aromatic N) is 1. The second kappa shape index (κ2) is 11.2. The van der Waals surface area contributed by atoms with Gasteiger partial charge < -0.3 is 5.32 Å². The lowest BCUT2D eigenvalue weighted by molar-refractivity contribution is -0.141. The molecule has 190 valence electrons. The Labute approximate surface area is 208 Å². The van der Waals surface area contributed by atoms with Crippen LogP contribution in [-0.4, -0.2) is 17.4 Å². The Bertz CT molecular complexity index is 1160. The smallest absolute Gasteiger partial charge is 0.354 e. The summed E-state index contributed by atoms with van der Waals surface area (Å²) in [4.78, 5) is 16.8. The largest absolute Gasteiger partial charge is 0.433 e. The number of aromatic nitrogens is 1. The molecule has 2 atom stereocenters. The van der Waals surface area contributed by atoms with E-state index in [9.17, 15) is 22.4 Å². The zero-order valence-electron chi connectivity index (χ0n) is 20.0. The number of hydrogen-bond donors (Lipinski definition) is 2. The van der Waals surface area contributed by atoms with E-state index in [2.05, 4.69) is 15.6 Å². The second-order valence-corrected chi connectivity index (χ2v) is 9.35. The molecule has 36 heavy (non-hydrogen) atoms. The lowest BCUT2D eigenvalue weighted by Crippen LogP contribution is -2.40. The molecule has 4 rings (SSSR count). The molecule has 1 amide bonds. The van der Waals surface area contributed by atoms with Crippen molar-refractivity contribution in [2.75, 3.05) is 6.54 Å². The highest BCUT2D eigenvalue weighted by Crippen LogP contribution is 2.30. The van der Waals surface area contributed by atoms with Crippen LogP contribution in [0.3, 0.4) is 0 Å². The molecule has 1 fully saturated rings. The normalized spacial score (nSPS) is 15.4. The van der Waals surface area contributed by atoms with Crippen molar-refractivity contribution < 1.29 is 22.4 Å². The van der Waals surface area contributed by atoms with E-state index in [0.29, 0.717) is 36.4 Å². The molecule has 0 spiro atoms. The highest BCUT2D eigenvalue weighted by atomic mass is 19.4. The van der Waals surface area contributed by atoms with Gasteiger partial charge in [0.05, 0.1) is 0 Å². The molecule has 1 aliphatic rings. The fraction of sp³-hybridized carbons (Fsp3) is 0.357. The summed E-state index contributed by atoms with van der Waals surface area (Å²) in [5.41, 5.74) is 1.77. The second-order valence-electron chi connectivity index (χ2n) is 9.35. The van der Waals surface area contributed by atoms with Crippen LogP contribution >= 0.6 is 0 Å². The Morgan fingerprint density at radius 3 is 2.42 bits per heavy atom. The number of benzene rings is 2. The van der Waals surface area contributed by atoms with Crippen molar-refractivity contribution in [1.29, 1.82) is 0 Å². The van der Waals surface area contributed by atoms with Crippen molar-refractivity contribution in [2.24, 2.45) is 5.92 Å². The molecular formula is C28H29F4N3O. The molecule has 1 saturated carbocycles. The summed E-state index contributed by atoms with van der Waals surface area (Å²) >= 11 is 0. The Kier molecular flexibility index (Phi) is 8.04. The number of carbonyl (C=O) groups excluding carboxylic acids is 1. The molecule has 4 nitrogen and oxygen atoms in total. The molecule has 0 aliphatic heterocycles. The first-order chi connectivity index (χ1) is 17.2. The summed E-state index contributed by atoms with van der Waals surface area (Å²) in [7, 11) is 0. The van der Waals surface area contributed by atoms with Gasteiger partial charge in [0.2, 0.25) is 5.91 Å². The highest BCUT2D eigenvalue weighted by Gasteiger charge is 2.32. The van der Waals surface area contributed by atoms with Crippen molar-refractivity contribution in [3.05, 3.63) is 101 Å². The van der Waals surface area contributed by atoms with Gasteiger partial charge in [0.1, 0.15) is 17.6 Å². The van der Waals surface area contributed by atoms with Gasteiger partial charge in [0.15, 0.2) is 0 Å². The topological polar surface area (TPSA) is 54.0 Å². The Hall–Kier alpha value is -3.26. The summed E-state index contributed by atoms with van der Waals surface area (Å²) in [5.74, 6) is 0.0486. The molecular weight excluding hydrogens is 470 g/mol. The number of nitrogens with one attached hydrogen (secondary N) is 2. The fourth-order valence-corrected chi connectivity index (χ4v) is 4.12. The van der Waals surface area contributed by atoms with E-state index < -0.39 is 17.9 Å². The lowest BCUT2D eigenvalue weighted by atomic mass is 9.95. The van der Waals surface area contributed by atoms with Gasteiger partial charge >= 0.3 is 6.18 Å². The zero-order valence-corrected chi connectivity index (χ0v) is 20.0. The Morgan fingerprint density at radius 1 is 1.06 bits per heavy atom. The van der Waals surface area contributed by atoms with Crippen molar-refractivity contribution in [3.63, 3.8) is 0 Å². The van der Waals surface area contributed by atoms with Crippen LogP contribution < -0.4 is 10.6 Å². The summed E-state index contributed by atoms with van der Waals surface area (Å²) in [6.07, 6.45) is -0.148. The predicted molar refractivity (Wildman–Crippen MR) is 129 cm³/mol. The molecule has 0 saturated heterocycles. The number of halogens is 4. The van der Waals surface area contributed by atoms with Crippen molar-refractivity contribution >= 4 is 5.91 Å². The van der Waals surface area contributed by atoms with E-state index in [1.807, 2.05) is 30.3 Å². The minimum absolute atomic E-state index is 0.145. The molecule has 3 aromatic rings. The van der Waals surface area contributed by atoms with E-state index in [1.54, 1.807) is 19.1 Å². The number of pyridine rings is 1. The first kappa shape index (κ1) is 25.8. The van der Waals surface area contributed by atoms with E-state index in [0.717, 1.165) is 30.0 Å². The van der Waals surface area contributed by atoms with Crippen LogP contribution in [0.1, 0.15) is 59.3 Å². The van der Waals surface area contributed by atoms with Crippen LogP contribution in [0, 0.1) is 18.7 Å². The van der Waals surface area contributed by atoms with Crippen molar-refractivity contribution in [3.8, 4) is 0 Å². The van der Waals surface area contributed by atoms with Crippen LogP contribution in [-0.2, 0) is 17.4 Å². The third kappa shape index (κ3) is 6.91. The van der Waals surface area contributed by atoms with Gasteiger partial charge in [0.25, 0.3) is 0 Å². The SMILES string of the molecule is Cc1cc([C@@H](CCc2ccc(C(F)(F)F)nc2)NC(C(=O)NCC2CC2)c2ccccc2)ccc1F. The number of carbonyl (C=O) groups is 1. The average molecular weight is 500 g/mol. The van der Waals surface area contributed by atoms with Gasteiger partial charge in [-0.05, 0) is 72.9 Å². The molecule has 2 N–H and O–H groups in total. The van der Waals surface area contributed by atoms with E-state index >= 15 is 0 Å². The number of amides is 1. The fourth-order valence-electron chi connectivity index (χ4n) is 4.12. The molecule has 1 aromatic heterocycles. The average Bonchev–Trinajstić information content (AvgIpc) is 3.69.